The minimum atomic E-state index is -0.573. The van der Waals surface area contributed by atoms with Gasteiger partial charge in [-0.15, -0.1) is 12.4 Å². The van der Waals surface area contributed by atoms with Crippen molar-refractivity contribution in [3.05, 3.63) is 65.9 Å². The second kappa shape index (κ2) is 7.09. The van der Waals surface area contributed by atoms with Crippen LogP contribution in [0.4, 0.5) is 4.39 Å². The highest BCUT2D eigenvalue weighted by Gasteiger charge is 2.15. The van der Waals surface area contributed by atoms with Crippen LogP contribution in [0.3, 0.4) is 0 Å². The molecule has 2 heterocycles. The molecular weight excluding hydrogens is 353 g/mol. The van der Waals surface area contributed by atoms with Gasteiger partial charge in [-0.05, 0) is 49.7 Å². The smallest absolute Gasteiger partial charge is 0.123 e. The predicted molar refractivity (Wildman–Crippen MR) is 104 cm³/mol. The second-order valence-electron chi connectivity index (χ2n) is 6.52. The Kier molecular flexibility index (Phi) is 5.03. The first-order valence-electron chi connectivity index (χ1n) is 8.37. The predicted octanol–water partition coefficient (Wildman–Crippen LogP) is 4.23. The summed E-state index contributed by atoms with van der Waals surface area (Å²) in [6.45, 7) is 4.91. The molecule has 0 aliphatic rings. The number of hydrogen-bond donors (Lipinski definition) is 1. The van der Waals surface area contributed by atoms with Crippen LogP contribution >= 0.6 is 12.4 Å². The molecule has 0 spiro atoms. The van der Waals surface area contributed by atoms with Crippen LogP contribution in [0.1, 0.15) is 11.3 Å². The van der Waals surface area contributed by atoms with E-state index in [1.807, 2.05) is 42.7 Å². The normalized spacial score (nSPS) is 12.5. The summed E-state index contributed by atoms with van der Waals surface area (Å²) >= 11 is 0. The number of hydrogen-bond acceptors (Lipinski definition) is 2. The number of fused-ring (bicyclic) bond motifs is 2. The van der Waals surface area contributed by atoms with Crippen molar-refractivity contribution in [1.29, 1.82) is 0 Å². The van der Waals surface area contributed by atoms with Gasteiger partial charge in [0.25, 0.3) is 0 Å². The van der Waals surface area contributed by atoms with E-state index in [2.05, 4.69) is 9.55 Å². The molecule has 4 nitrogen and oxygen atoms in total. The molecule has 136 valence electrons. The molecule has 1 N–H and O–H groups in total. The number of halogens is 2. The molecule has 0 aliphatic heterocycles. The summed E-state index contributed by atoms with van der Waals surface area (Å²) in [6.07, 6.45) is 1.19. The highest BCUT2D eigenvalue weighted by atomic mass is 35.5. The molecule has 0 radical (unpaired) electrons. The summed E-state index contributed by atoms with van der Waals surface area (Å²) in [7, 11) is 0. The number of benzene rings is 2. The average Bonchev–Trinajstić information content (AvgIpc) is 3.10. The maximum absolute atomic E-state index is 13.6. The Labute approximate surface area is 157 Å². The lowest BCUT2D eigenvalue weighted by Gasteiger charge is -2.16. The van der Waals surface area contributed by atoms with Crippen LogP contribution in [-0.2, 0) is 13.1 Å². The van der Waals surface area contributed by atoms with Crippen LogP contribution in [0.15, 0.2) is 48.8 Å². The molecule has 2 aromatic heterocycles. The first kappa shape index (κ1) is 18.4. The molecule has 6 heteroatoms. The molecule has 0 saturated heterocycles. The van der Waals surface area contributed by atoms with E-state index in [0.29, 0.717) is 13.1 Å². The van der Waals surface area contributed by atoms with E-state index in [9.17, 15) is 9.50 Å². The molecule has 1 atom stereocenters. The Balaban J connectivity index is 0.00000196. The van der Waals surface area contributed by atoms with Crippen LogP contribution in [0.2, 0.25) is 0 Å². The molecule has 26 heavy (non-hydrogen) atoms. The molecule has 0 fully saturated rings. The summed E-state index contributed by atoms with van der Waals surface area (Å²) in [4.78, 5) is 4.36. The highest BCUT2D eigenvalue weighted by molar-refractivity contribution is 5.85. The van der Waals surface area contributed by atoms with E-state index < -0.39 is 6.10 Å². The largest absolute Gasteiger partial charge is 0.389 e. The summed E-state index contributed by atoms with van der Waals surface area (Å²) < 4.78 is 17.6. The standard InChI is InChI=1S/C20H20FN3O.ClH/c1-13-14(2)24(19-8-7-15(21)9-17(13)19)11-16(25)10-23-12-22-18-5-3-4-6-20(18)23;/h3-9,12,16,25H,10-11H2,1-2H3;1H. The zero-order valence-electron chi connectivity index (χ0n) is 14.7. The number of aromatic nitrogens is 3. The Hall–Kier alpha value is -2.37. The van der Waals surface area contributed by atoms with Crippen LogP contribution in [-0.4, -0.2) is 25.3 Å². The minimum Gasteiger partial charge on any atom is -0.389 e. The van der Waals surface area contributed by atoms with Crippen molar-refractivity contribution < 1.29 is 9.50 Å². The minimum absolute atomic E-state index is 0. The molecule has 0 bridgehead atoms. The van der Waals surface area contributed by atoms with Gasteiger partial charge < -0.3 is 14.2 Å². The fraction of sp³-hybridized carbons (Fsp3) is 0.250. The van der Waals surface area contributed by atoms with Crippen molar-refractivity contribution in [2.24, 2.45) is 0 Å². The van der Waals surface area contributed by atoms with Gasteiger partial charge in [-0.2, -0.15) is 0 Å². The molecule has 4 rings (SSSR count). The van der Waals surface area contributed by atoms with Crippen molar-refractivity contribution in [3.63, 3.8) is 0 Å². The van der Waals surface area contributed by atoms with Crippen LogP contribution in [0.5, 0.6) is 0 Å². The Morgan fingerprint density at radius 1 is 1.08 bits per heavy atom. The van der Waals surface area contributed by atoms with Gasteiger partial charge in [0.15, 0.2) is 0 Å². The molecule has 2 aromatic carbocycles. The van der Waals surface area contributed by atoms with Crippen LogP contribution < -0.4 is 0 Å². The topological polar surface area (TPSA) is 43.0 Å². The van der Waals surface area contributed by atoms with Crippen molar-refractivity contribution in [3.8, 4) is 0 Å². The van der Waals surface area contributed by atoms with Crippen molar-refractivity contribution in [2.75, 3.05) is 0 Å². The van der Waals surface area contributed by atoms with Gasteiger partial charge in [-0.1, -0.05) is 12.1 Å². The maximum atomic E-state index is 13.6. The Morgan fingerprint density at radius 2 is 1.85 bits per heavy atom. The van der Waals surface area contributed by atoms with E-state index in [1.165, 1.54) is 6.07 Å². The average molecular weight is 374 g/mol. The lowest BCUT2D eigenvalue weighted by molar-refractivity contribution is 0.136. The monoisotopic (exact) mass is 373 g/mol. The summed E-state index contributed by atoms with van der Waals surface area (Å²) in [5.74, 6) is -0.238. The number of nitrogens with zero attached hydrogens (tertiary/aromatic N) is 3. The van der Waals surface area contributed by atoms with Crippen LogP contribution in [0, 0.1) is 19.7 Å². The highest BCUT2D eigenvalue weighted by Crippen LogP contribution is 2.26. The Bertz CT molecular complexity index is 1070. The number of aliphatic hydroxyl groups excluding tert-OH is 1. The number of rotatable bonds is 4. The number of para-hydroxylation sites is 2. The maximum Gasteiger partial charge on any atom is 0.123 e. The molecule has 4 aromatic rings. The molecule has 0 amide bonds. The van der Waals surface area contributed by atoms with Gasteiger partial charge in [-0.3, -0.25) is 0 Å². The summed E-state index contributed by atoms with van der Waals surface area (Å²) in [5, 5.41) is 11.5. The van der Waals surface area contributed by atoms with Crippen molar-refractivity contribution >= 4 is 34.3 Å². The fourth-order valence-corrected chi connectivity index (χ4v) is 3.51. The molecule has 0 aliphatic carbocycles. The number of imidazole rings is 1. The number of aryl methyl sites for hydroxylation is 1. The third kappa shape index (κ3) is 3.08. The molecular formula is C20H21ClFN3O. The summed E-state index contributed by atoms with van der Waals surface area (Å²) in [5.41, 5.74) is 4.98. The molecule has 1 unspecified atom stereocenters. The van der Waals surface area contributed by atoms with Gasteiger partial charge in [0, 0.05) is 16.6 Å². The van der Waals surface area contributed by atoms with Crippen LogP contribution in [0.25, 0.3) is 21.9 Å². The SMILES string of the molecule is Cc1c(C)n(CC(O)Cn2cnc3ccccc32)c2ccc(F)cc12.Cl. The Morgan fingerprint density at radius 3 is 2.65 bits per heavy atom. The first-order valence-corrected chi connectivity index (χ1v) is 8.37. The van der Waals surface area contributed by atoms with E-state index in [-0.39, 0.29) is 18.2 Å². The zero-order valence-corrected chi connectivity index (χ0v) is 15.5. The van der Waals surface area contributed by atoms with E-state index in [4.69, 9.17) is 0 Å². The van der Waals surface area contributed by atoms with Gasteiger partial charge in [-0.25, -0.2) is 9.37 Å². The van der Waals surface area contributed by atoms with E-state index >= 15 is 0 Å². The van der Waals surface area contributed by atoms with Gasteiger partial charge in [0.1, 0.15) is 5.82 Å². The zero-order chi connectivity index (χ0) is 17.6. The third-order valence-electron chi connectivity index (χ3n) is 4.93. The molecule has 0 saturated carbocycles. The van der Waals surface area contributed by atoms with Gasteiger partial charge in [0.2, 0.25) is 0 Å². The van der Waals surface area contributed by atoms with Crippen molar-refractivity contribution in [1.82, 2.24) is 14.1 Å². The second-order valence-corrected chi connectivity index (χ2v) is 6.52. The quantitative estimate of drug-likeness (QED) is 0.581. The first-order chi connectivity index (χ1) is 12.0. The van der Waals surface area contributed by atoms with Gasteiger partial charge in [0.05, 0.1) is 36.6 Å². The lowest BCUT2D eigenvalue weighted by Crippen LogP contribution is -2.22. The van der Waals surface area contributed by atoms with E-state index in [0.717, 1.165) is 33.2 Å². The van der Waals surface area contributed by atoms with Gasteiger partial charge >= 0.3 is 0 Å². The van der Waals surface area contributed by atoms with Crippen molar-refractivity contribution in [2.45, 2.75) is 33.0 Å². The third-order valence-corrected chi connectivity index (χ3v) is 4.93. The summed E-state index contributed by atoms with van der Waals surface area (Å²) in [6, 6.07) is 12.7. The van der Waals surface area contributed by atoms with E-state index in [1.54, 1.807) is 18.5 Å². The number of aliphatic hydroxyl groups is 1. The fourth-order valence-electron chi connectivity index (χ4n) is 3.51. The lowest BCUT2D eigenvalue weighted by atomic mass is 10.1.